The maximum absolute atomic E-state index is 12.5. The second-order valence-electron chi connectivity index (χ2n) is 5.81. The molecular weight excluding hydrogens is 388 g/mol. The van der Waals surface area contributed by atoms with Crippen LogP contribution in [0.1, 0.15) is 18.4 Å². The van der Waals surface area contributed by atoms with Crippen molar-refractivity contribution < 1.29 is 16.8 Å². The summed E-state index contributed by atoms with van der Waals surface area (Å²) in [6.07, 6.45) is 1.35. The summed E-state index contributed by atoms with van der Waals surface area (Å²) in [7, 11) is -7.83. The Kier molecular flexibility index (Phi) is 5.16. The highest BCUT2D eigenvalue weighted by Gasteiger charge is 2.20. The first kappa shape index (κ1) is 18.9. The molecule has 2 aromatic rings. The SMILES string of the molecule is N#Cc1cccc(S(=O)(=O)Nc2cccc(S(=O)(=O)NC3=NCCC3)c2)c1. The molecule has 0 aliphatic carbocycles. The Morgan fingerprint density at radius 3 is 2.26 bits per heavy atom. The molecule has 0 saturated carbocycles. The summed E-state index contributed by atoms with van der Waals surface area (Å²) in [5, 5.41) is 8.91. The fraction of sp³-hybridized carbons (Fsp3) is 0.176. The predicted octanol–water partition coefficient (Wildman–Crippen LogP) is 1.83. The molecule has 0 unspecified atom stereocenters. The number of benzene rings is 2. The highest BCUT2D eigenvalue weighted by atomic mass is 32.2. The third-order valence-corrected chi connectivity index (χ3v) is 6.55. The summed E-state index contributed by atoms with van der Waals surface area (Å²) >= 11 is 0. The van der Waals surface area contributed by atoms with Crippen molar-refractivity contribution in [2.24, 2.45) is 4.99 Å². The summed E-state index contributed by atoms with van der Waals surface area (Å²) in [5.41, 5.74) is 0.296. The average molecular weight is 404 g/mol. The molecule has 8 nitrogen and oxygen atoms in total. The molecule has 0 saturated heterocycles. The number of amidine groups is 1. The number of aliphatic imine (C=N–C) groups is 1. The lowest BCUT2D eigenvalue weighted by Crippen LogP contribution is -2.29. The van der Waals surface area contributed by atoms with Gasteiger partial charge in [0, 0.05) is 13.0 Å². The van der Waals surface area contributed by atoms with Crippen LogP contribution in [0.4, 0.5) is 5.69 Å². The molecule has 2 N–H and O–H groups in total. The van der Waals surface area contributed by atoms with Crippen molar-refractivity contribution >= 4 is 31.6 Å². The van der Waals surface area contributed by atoms with Crippen LogP contribution in [0.2, 0.25) is 0 Å². The minimum Gasteiger partial charge on any atom is -0.280 e. The Balaban J connectivity index is 1.86. The topological polar surface area (TPSA) is 128 Å². The fourth-order valence-electron chi connectivity index (χ4n) is 2.51. The van der Waals surface area contributed by atoms with Gasteiger partial charge >= 0.3 is 0 Å². The number of hydrogen-bond donors (Lipinski definition) is 2. The minimum atomic E-state index is -3.97. The van der Waals surface area contributed by atoms with Gasteiger partial charge in [0.15, 0.2) is 0 Å². The van der Waals surface area contributed by atoms with Crippen molar-refractivity contribution in [2.75, 3.05) is 11.3 Å². The van der Waals surface area contributed by atoms with Crippen LogP contribution in [0.25, 0.3) is 0 Å². The summed E-state index contributed by atoms with van der Waals surface area (Å²) in [6, 6.07) is 12.9. The maximum Gasteiger partial charge on any atom is 0.262 e. The molecule has 140 valence electrons. The molecule has 1 aliphatic rings. The van der Waals surface area contributed by atoms with Gasteiger partial charge in [-0.25, -0.2) is 16.8 Å². The zero-order chi connectivity index (χ0) is 19.5. The molecule has 2 aromatic carbocycles. The van der Waals surface area contributed by atoms with Crippen molar-refractivity contribution in [3.8, 4) is 6.07 Å². The van der Waals surface area contributed by atoms with E-state index >= 15 is 0 Å². The number of hydrogen-bond acceptors (Lipinski definition) is 6. The lowest BCUT2D eigenvalue weighted by Gasteiger charge is -2.11. The van der Waals surface area contributed by atoms with Crippen molar-refractivity contribution in [1.29, 1.82) is 5.26 Å². The third kappa shape index (κ3) is 4.45. The number of anilines is 1. The van der Waals surface area contributed by atoms with Crippen LogP contribution in [0.15, 0.2) is 63.3 Å². The normalized spacial score (nSPS) is 14.3. The van der Waals surface area contributed by atoms with E-state index in [9.17, 15) is 16.8 Å². The molecule has 0 fully saturated rings. The first-order chi connectivity index (χ1) is 12.8. The third-order valence-electron chi connectivity index (χ3n) is 3.80. The van der Waals surface area contributed by atoms with E-state index in [0.717, 1.165) is 6.42 Å². The number of sulfonamides is 2. The van der Waals surface area contributed by atoms with Gasteiger partial charge in [-0.15, -0.1) is 0 Å². The predicted molar refractivity (Wildman–Crippen MR) is 100 cm³/mol. The van der Waals surface area contributed by atoms with Gasteiger partial charge in [-0.3, -0.25) is 14.4 Å². The van der Waals surface area contributed by atoms with E-state index < -0.39 is 20.0 Å². The van der Waals surface area contributed by atoms with E-state index in [1.165, 1.54) is 48.5 Å². The quantitative estimate of drug-likeness (QED) is 0.785. The largest absolute Gasteiger partial charge is 0.280 e. The maximum atomic E-state index is 12.5. The lowest BCUT2D eigenvalue weighted by atomic mass is 10.2. The monoisotopic (exact) mass is 404 g/mol. The summed E-state index contributed by atoms with van der Waals surface area (Å²) in [6.45, 7) is 0.583. The summed E-state index contributed by atoms with van der Waals surface area (Å²) in [4.78, 5) is 3.90. The molecule has 0 amide bonds. The van der Waals surface area contributed by atoms with E-state index in [1.54, 1.807) is 0 Å². The molecule has 0 radical (unpaired) electrons. The second-order valence-corrected chi connectivity index (χ2v) is 9.18. The van der Waals surface area contributed by atoms with Crippen LogP contribution in [0.5, 0.6) is 0 Å². The smallest absolute Gasteiger partial charge is 0.262 e. The van der Waals surface area contributed by atoms with Crippen LogP contribution < -0.4 is 9.44 Å². The van der Waals surface area contributed by atoms with Crippen LogP contribution in [-0.2, 0) is 20.0 Å². The Morgan fingerprint density at radius 2 is 1.59 bits per heavy atom. The van der Waals surface area contributed by atoms with Gasteiger partial charge in [-0.05, 0) is 42.8 Å². The molecule has 0 atom stereocenters. The second kappa shape index (κ2) is 7.38. The molecule has 10 heteroatoms. The first-order valence-corrected chi connectivity index (χ1v) is 11.0. The van der Waals surface area contributed by atoms with Crippen LogP contribution in [-0.4, -0.2) is 29.2 Å². The van der Waals surface area contributed by atoms with Gasteiger partial charge in [0.1, 0.15) is 5.84 Å². The van der Waals surface area contributed by atoms with E-state index in [1.807, 2.05) is 6.07 Å². The number of nitrogens with zero attached hydrogens (tertiary/aromatic N) is 2. The van der Waals surface area contributed by atoms with Gasteiger partial charge < -0.3 is 0 Å². The summed E-state index contributed by atoms with van der Waals surface area (Å²) in [5.74, 6) is 0.398. The van der Waals surface area contributed by atoms with E-state index in [0.29, 0.717) is 18.8 Å². The number of nitrogens with one attached hydrogen (secondary N) is 2. The molecule has 0 aromatic heterocycles. The van der Waals surface area contributed by atoms with Gasteiger partial charge in [-0.2, -0.15) is 5.26 Å². The first-order valence-electron chi connectivity index (χ1n) is 7.99. The van der Waals surface area contributed by atoms with E-state index in [2.05, 4.69) is 14.4 Å². The van der Waals surface area contributed by atoms with Crippen molar-refractivity contribution in [3.05, 3.63) is 54.1 Å². The highest BCUT2D eigenvalue weighted by molar-refractivity contribution is 7.92. The highest BCUT2D eigenvalue weighted by Crippen LogP contribution is 2.20. The van der Waals surface area contributed by atoms with Crippen LogP contribution >= 0.6 is 0 Å². The van der Waals surface area contributed by atoms with Gasteiger partial charge in [0.05, 0.1) is 27.1 Å². The van der Waals surface area contributed by atoms with E-state index in [-0.39, 0.29) is 21.0 Å². The molecule has 3 rings (SSSR count). The molecule has 1 aliphatic heterocycles. The Hall–Kier alpha value is -2.90. The standard InChI is InChI=1S/C17H16N4O4S2/c18-12-13-4-1-6-15(10-13)26(22,23)20-14-5-2-7-16(11-14)27(24,25)21-17-8-3-9-19-17/h1-2,4-7,10-11,20H,3,8-9H2,(H,19,21). The zero-order valence-electron chi connectivity index (χ0n) is 14.1. The molecule has 27 heavy (non-hydrogen) atoms. The minimum absolute atomic E-state index is 0.0805. The summed E-state index contributed by atoms with van der Waals surface area (Å²) < 4.78 is 54.7. The lowest BCUT2D eigenvalue weighted by molar-refractivity contribution is 0.591. The van der Waals surface area contributed by atoms with E-state index in [4.69, 9.17) is 5.26 Å². The Bertz CT molecular complexity index is 1150. The van der Waals surface area contributed by atoms with Crippen molar-refractivity contribution in [1.82, 2.24) is 4.72 Å². The Morgan fingerprint density at radius 1 is 0.926 bits per heavy atom. The fourth-order valence-corrected chi connectivity index (χ4v) is 4.74. The molecular formula is C17H16N4O4S2. The van der Waals surface area contributed by atoms with Gasteiger partial charge in [-0.1, -0.05) is 12.1 Å². The van der Waals surface area contributed by atoms with Crippen molar-refractivity contribution in [2.45, 2.75) is 22.6 Å². The Labute approximate surface area is 157 Å². The molecule has 0 bridgehead atoms. The number of rotatable bonds is 5. The van der Waals surface area contributed by atoms with Gasteiger partial charge in [0.2, 0.25) is 0 Å². The van der Waals surface area contributed by atoms with Crippen LogP contribution in [0, 0.1) is 11.3 Å². The molecule has 1 heterocycles. The molecule has 0 spiro atoms. The van der Waals surface area contributed by atoms with Crippen LogP contribution in [0.3, 0.4) is 0 Å². The zero-order valence-corrected chi connectivity index (χ0v) is 15.7. The average Bonchev–Trinajstić information content (AvgIpc) is 3.14. The van der Waals surface area contributed by atoms with Gasteiger partial charge in [0.25, 0.3) is 20.0 Å². The number of nitriles is 1. The van der Waals surface area contributed by atoms with Crippen molar-refractivity contribution in [3.63, 3.8) is 0 Å².